The zero-order valence-corrected chi connectivity index (χ0v) is 13.2. The molecule has 1 amide bonds. The zero-order chi connectivity index (χ0) is 18.2. The van der Waals surface area contributed by atoms with E-state index in [2.05, 4.69) is 15.5 Å². The van der Waals surface area contributed by atoms with Crippen LogP contribution < -0.4 is 16.2 Å². The Balaban J connectivity index is 1.77. The summed E-state index contributed by atoms with van der Waals surface area (Å²) < 4.78 is 37.8. The van der Waals surface area contributed by atoms with E-state index in [1.54, 1.807) is 29.6 Å². The van der Waals surface area contributed by atoms with Gasteiger partial charge in [0.2, 0.25) is 5.95 Å². The van der Waals surface area contributed by atoms with Gasteiger partial charge in [0.15, 0.2) is 0 Å². The van der Waals surface area contributed by atoms with Crippen LogP contribution in [0.1, 0.15) is 17.3 Å². The molecule has 0 unspecified atom stereocenters. The predicted molar refractivity (Wildman–Crippen MR) is 82.0 cm³/mol. The predicted octanol–water partition coefficient (Wildman–Crippen LogP) is 1.64. The average Bonchev–Trinajstić information content (AvgIpc) is 2.99. The highest BCUT2D eigenvalue weighted by Gasteiger charge is 2.38. The summed E-state index contributed by atoms with van der Waals surface area (Å²) in [5.74, 6) is -1.94. The monoisotopic (exact) mass is 373 g/mol. The molecule has 1 aromatic carbocycles. The first kappa shape index (κ1) is 17.2. The maximum atomic E-state index is 12.3. The third-order valence-corrected chi connectivity index (χ3v) is 3.88. The second kappa shape index (κ2) is 6.36. The number of hydrogen-bond donors (Lipinski definition) is 2. The number of rotatable bonds is 3. The minimum absolute atomic E-state index is 0.204. The maximum Gasteiger partial charge on any atom is 0.471 e. The van der Waals surface area contributed by atoms with Gasteiger partial charge in [-0.1, -0.05) is 23.7 Å². The number of benzene rings is 1. The van der Waals surface area contributed by atoms with Gasteiger partial charge in [-0.15, -0.1) is 10.2 Å². The standard InChI is InChI=1S/C14H11ClF3N5O2/c15-8-3-1-7(2-4-8)10-6-23-11(24)9(21-22-13(23)20-10)5-19-12(25)14(16,17)18/h1-4,10H,5-6H2,(H,19,25)(H,20,22)/t10-/m1/s1. The summed E-state index contributed by atoms with van der Waals surface area (Å²) in [6.07, 6.45) is -5.03. The molecule has 2 N–H and O–H groups in total. The Labute approximate surface area is 143 Å². The summed E-state index contributed by atoms with van der Waals surface area (Å²) in [7, 11) is 0. The Bertz CT molecular complexity index is 866. The van der Waals surface area contributed by atoms with Crippen LogP contribution in [0.25, 0.3) is 0 Å². The topological polar surface area (TPSA) is 88.9 Å². The zero-order valence-electron chi connectivity index (χ0n) is 12.5. The van der Waals surface area contributed by atoms with Gasteiger partial charge in [-0.05, 0) is 17.7 Å². The fourth-order valence-corrected chi connectivity index (χ4v) is 2.50. The molecule has 2 heterocycles. The molecule has 1 aromatic heterocycles. The minimum Gasteiger partial charge on any atom is -0.346 e. The van der Waals surface area contributed by atoms with Crippen molar-refractivity contribution < 1.29 is 18.0 Å². The number of aromatic nitrogens is 3. The Morgan fingerprint density at radius 3 is 2.64 bits per heavy atom. The fourth-order valence-electron chi connectivity index (χ4n) is 2.38. The third kappa shape index (κ3) is 3.58. The smallest absolute Gasteiger partial charge is 0.346 e. The van der Waals surface area contributed by atoms with Gasteiger partial charge in [0, 0.05) is 5.02 Å². The first-order valence-electron chi connectivity index (χ1n) is 7.09. The van der Waals surface area contributed by atoms with Crippen LogP contribution in [-0.4, -0.2) is 26.8 Å². The molecule has 1 aliphatic rings. The average molecular weight is 374 g/mol. The van der Waals surface area contributed by atoms with Crippen molar-refractivity contribution in [2.75, 3.05) is 5.32 Å². The highest BCUT2D eigenvalue weighted by Crippen LogP contribution is 2.26. The van der Waals surface area contributed by atoms with Crippen LogP contribution in [0, 0.1) is 0 Å². The molecule has 0 spiro atoms. The van der Waals surface area contributed by atoms with Gasteiger partial charge in [-0.2, -0.15) is 13.2 Å². The third-order valence-electron chi connectivity index (χ3n) is 3.63. The van der Waals surface area contributed by atoms with Crippen molar-refractivity contribution in [2.24, 2.45) is 0 Å². The number of alkyl halides is 3. The summed E-state index contributed by atoms with van der Waals surface area (Å²) >= 11 is 5.83. The van der Waals surface area contributed by atoms with E-state index in [0.29, 0.717) is 5.02 Å². The number of carbonyl (C=O) groups is 1. The van der Waals surface area contributed by atoms with E-state index in [4.69, 9.17) is 11.6 Å². The summed E-state index contributed by atoms with van der Waals surface area (Å²) in [4.78, 5) is 23.2. The van der Waals surface area contributed by atoms with E-state index in [9.17, 15) is 22.8 Å². The first-order valence-corrected chi connectivity index (χ1v) is 7.47. The van der Waals surface area contributed by atoms with Crippen molar-refractivity contribution in [1.29, 1.82) is 0 Å². The quantitative estimate of drug-likeness (QED) is 0.853. The molecule has 1 aliphatic heterocycles. The van der Waals surface area contributed by atoms with Crippen LogP contribution in [0.3, 0.4) is 0 Å². The Morgan fingerprint density at radius 2 is 2.00 bits per heavy atom. The molecule has 1 atom stereocenters. The second-order valence-electron chi connectivity index (χ2n) is 5.31. The number of carbonyl (C=O) groups excluding carboxylic acids is 1. The molecular weight excluding hydrogens is 363 g/mol. The highest BCUT2D eigenvalue weighted by molar-refractivity contribution is 6.30. The van der Waals surface area contributed by atoms with Crippen molar-refractivity contribution in [3.8, 4) is 0 Å². The van der Waals surface area contributed by atoms with E-state index in [-0.39, 0.29) is 24.2 Å². The van der Waals surface area contributed by atoms with E-state index in [1.807, 2.05) is 0 Å². The molecule has 0 radical (unpaired) electrons. The van der Waals surface area contributed by atoms with Crippen LogP contribution in [0.2, 0.25) is 5.02 Å². The van der Waals surface area contributed by atoms with Crippen molar-refractivity contribution >= 4 is 23.5 Å². The molecule has 2 aromatic rings. The molecular formula is C14H11ClF3N5O2. The molecule has 0 aliphatic carbocycles. The molecule has 0 saturated carbocycles. The first-order chi connectivity index (χ1) is 11.8. The summed E-state index contributed by atoms with van der Waals surface area (Å²) in [5, 5.41) is 12.6. The van der Waals surface area contributed by atoms with Crippen LogP contribution in [0.15, 0.2) is 29.1 Å². The number of fused-ring (bicyclic) bond motifs is 1. The minimum atomic E-state index is -5.03. The molecule has 0 fully saturated rings. The van der Waals surface area contributed by atoms with Gasteiger partial charge < -0.3 is 10.6 Å². The Hall–Kier alpha value is -2.62. The molecule has 132 valence electrons. The van der Waals surface area contributed by atoms with Crippen LogP contribution in [0.4, 0.5) is 19.1 Å². The largest absolute Gasteiger partial charge is 0.471 e. The molecule has 11 heteroatoms. The summed E-state index contributed by atoms with van der Waals surface area (Å²) in [6.45, 7) is -0.429. The van der Waals surface area contributed by atoms with Crippen LogP contribution in [0.5, 0.6) is 0 Å². The molecule has 7 nitrogen and oxygen atoms in total. The molecule has 25 heavy (non-hydrogen) atoms. The van der Waals surface area contributed by atoms with E-state index < -0.39 is 24.2 Å². The SMILES string of the molecule is O=C(NCc1nnc2n(c1=O)C[C@H](c1ccc(Cl)cc1)N2)C(F)(F)F. The van der Waals surface area contributed by atoms with Gasteiger partial charge in [0.25, 0.3) is 5.56 Å². The number of anilines is 1. The number of amides is 1. The Kier molecular flexibility index (Phi) is 4.38. The van der Waals surface area contributed by atoms with Crippen LogP contribution >= 0.6 is 11.6 Å². The number of hydrogen-bond acceptors (Lipinski definition) is 5. The normalized spacial score (nSPS) is 16.2. The number of halogens is 4. The van der Waals surface area contributed by atoms with E-state index >= 15 is 0 Å². The Morgan fingerprint density at radius 1 is 1.32 bits per heavy atom. The number of nitrogens with one attached hydrogen (secondary N) is 2. The molecule has 3 rings (SSSR count). The summed E-state index contributed by atoms with van der Waals surface area (Å²) in [5.41, 5.74) is -0.0300. The highest BCUT2D eigenvalue weighted by atomic mass is 35.5. The lowest BCUT2D eigenvalue weighted by molar-refractivity contribution is -0.173. The fraction of sp³-hybridized carbons (Fsp3) is 0.286. The summed E-state index contributed by atoms with van der Waals surface area (Å²) in [6, 6.07) is 6.73. The molecule has 0 bridgehead atoms. The maximum absolute atomic E-state index is 12.3. The van der Waals surface area contributed by atoms with Crippen molar-refractivity contribution in [1.82, 2.24) is 20.1 Å². The van der Waals surface area contributed by atoms with Gasteiger partial charge in [-0.3, -0.25) is 14.2 Å². The second-order valence-corrected chi connectivity index (χ2v) is 5.75. The lowest BCUT2D eigenvalue weighted by Crippen LogP contribution is -2.38. The lowest BCUT2D eigenvalue weighted by atomic mass is 10.1. The number of nitrogens with zero attached hydrogens (tertiary/aromatic N) is 3. The van der Waals surface area contributed by atoms with Gasteiger partial charge in [0.05, 0.1) is 19.1 Å². The van der Waals surface area contributed by atoms with Crippen LogP contribution in [-0.2, 0) is 17.9 Å². The lowest BCUT2D eigenvalue weighted by Gasteiger charge is -2.09. The van der Waals surface area contributed by atoms with Crippen molar-refractivity contribution in [2.45, 2.75) is 25.3 Å². The van der Waals surface area contributed by atoms with Crippen molar-refractivity contribution in [3.63, 3.8) is 0 Å². The van der Waals surface area contributed by atoms with E-state index in [0.717, 1.165) is 5.56 Å². The van der Waals surface area contributed by atoms with E-state index in [1.165, 1.54) is 4.57 Å². The van der Waals surface area contributed by atoms with Gasteiger partial charge >= 0.3 is 12.1 Å². The van der Waals surface area contributed by atoms with Crippen molar-refractivity contribution in [3.05, 3.63) is 50.9 Å². The van der Waals surface area contributed by atoms with Gasteiger partial charge in [-0.25, -0.2) is 0 Å². The van der Waals surface area contributed by atoms with Gasteiger partial charge in [0.1, 0.15) is 5.69 Å². The molecule has 0 saturated heterocycles.